The van der Waals surface area contributed by atoms with Crippen LogP contribution in [0, 0.1) is 5.82 Å². The van der Waals surface area contributed by atoms with Crippen LogP contribution in [0.15, 0.2) is 30.5 Å². The van der Waals surface area contributed by atoms with Gasteiger partial charge >= 0.3 is 6.18 Å². The minimum absolute atomic E-state index is 0.0195. The van der Waals surface area contributed by atoms with Crippen molar-refractivity contribution in [3.05, 3.63) is 47.5 Å². The van der Waals surface area contributed by atoms with Crippen LogP contribution in [0.3, 0.4) is 0 Å². The molecule has 0 fully saturated rings. The van der Waals surface area contributed by atoms with Crippen LogP contribution < -0.4 is 0 Å². The van der Waals surface area contributed by atoms with Crippen LogP contribution in [-0.2, 0) is 12.1 Å². The predicted octanol–water partition coefficient (Wildman–Crippen LogP) is 3.77. The second-order valence-corrected chi connectivity index (χ2v) is 3.79. The molecule has 0 amide bonds. The molecule has 1 aromatic carbocycles. The van der Waals surface area contributed by atoms with Gasteiger partial charge in [-0.2, -0.15) is 18.3 Å². The van der Waals surface area contributed by atoms with E-state index in [-0.39, 0.29) is 11.6 Å². The molecule has 2 nitrogen and oxygen atoms in total. The molecule has 0 saturated carbocycles. The van der Waals surface area contributed by atoms with Crippen molar-refractivity contribution in [2.75, 3.05) is 0 Å². The van der Waals surface area contributed by atoms with Gasteiger partial charge in [-0.05, 0) is 17.7 Å². The van der Waals surface area contributed by atoms with E-state index in [1.807, 2.05) is 0 Å². The van der Waals surface area contributed by atoms with Crippen LogP contribution in [0.1, 0.15) is 11.3 Å². The van der Waals surface area contributed by atoms with Gasteiger partial charge in [-0.25, -0.2) is 9.07 Å². The van der Waals surface area contributed by atoms with Crippen LogP contribution in [0.2, 0.25) is 0 Å². The van der Waals surface area contributed by atoms with Crippen molar-refractivity contribution in [2.45, 2.75) is 12.1 Å². The third-order valence-electron chi connectivity index (χ3n) is 2.32. The molecule has 0 N–H and O–H groups in total. The Hall–Kier alpha value is -1.56. The van der Waals surface area contributed by atoms with E-state index in [1.165, 1.54) is 12.1 Å². The number of rotatable bonds is 2. The van der Waals surface area contributed by atoms with Gasteiger partial charge in [-0.1, -0.05) is 12.1 Å². The van der Waals surface area contributed by atoms with E-state index >= 15 is 0 Å². The van der Waals surface area contributed by atoms with Gasteiger partial charge < -0.3 is 0 Å². The predicted molar refractivity (Wildman–Crippen MR) is 58.1 cm³/mol. The maximum absolute atomic E-state index is 13.6. The summed E-state index contributed by atoms with van der Waals surface area (Å²) in [6, 6.07) is 4.88. The molecule has 0 radical (unpaired) electrons. The Morgan fingerprint density at radius 2 is 1.94 bits per heavy atom. The largest absolute Gasteiger partial charge is 0.435 e. The van der Waals surface area contributed by atoms with Crippen molar-refractivity contribution in [3.8, 4) is 5.69 Å². The molecule has 0 aliphatic carbocycles. The van der Waals surface area contributed by atoms with Crippen LogP contribution in [0.4, 0.5) is 17.6 Å². The zero-order chi connectivity index (χ0) is 13.3. The van der Waals surface area contributed by atoms with Gasteiger partial charge in [0.25, 0.3) is 0 Å². The molecule has 1 heterocycles. The Morgan fingerprint density at radius 3 is 2.50 bits per heavy atom. The van der Waals surface area contributed by atoms with Crippen molar-refractivity contribution in [3.63, 3.8) is 0 Å². The summed E-state index contributed by atoms with van der Waals surface area (Å²) in [5.74, 6) is -0.695. The molecular weight excluding hydrogens is 272 g/mol. The minimum atomic E-state index is -4.56. The van der Waals surface area contributed by atoms with E-state index in [2.05, 4.69) is 5.10 Å². The van der Waals surface area contributed by atoms with Crippen molar-refractivity contribution in [1.29, 1.82) is 0 Å². The van der Waals surface area contributed by atoms with E-state index < -0.39 is 17.7 Å². The summed E-state index contributed by atoms with van der Waals surface area (Å²) in [6.45, 7) is 0. The number of alkyl halides is 4. The smallest absolute Gasteiger partial charge is 0.237 e. The van der Waals surface area contributed by atoms with Crippen LogP contribution in [0.5, 0.6) is 0 Å². The highest BCUT2D eigenvalue weighted by Gasteiger charge is 2.33. The lowest BCUT2D eigenvalue weighted by Gasteiger charge is -2.08. The summed E-state index contributed by atoms with van der Waals surface area (Å²) >= 11 is 5.62. The molecule has 0 saturated heterocycles. The summed E-state index contributed by atoms with van der Waals surface area (Å²) in [7, 11) is 0. The number of hydrogen-bond donors (Lipinski definition) is 0. The highest BCUT2D eigenvalue weighted by Crippen LogP contribution is 2.29. The second-order valence-electron chi connectivity index (χ2n) is 3.52. The molecule has 0 aliphatic heterocycles. The monoisotopic (exact) mass is 278 g/mol. The summed E-state index contributed by atoms with van der Waals surface area (Å²) in [5, 5.41) is 3.31. The SMILES string of the molecule is Fc1cccc(CCl)c1-n1ccc(C(F)(F)F)n1. The van der Waals surface area contributed by atoms with Crippen LogP contribution in [-0.4, -0.2) is 9.78 Å². The molecule has 7 heteroatoms. The summed E-state index contributed by atoms with van der Waals surface area (Å²) in [5.41, 5.74) is -0.775. The number of nitrogens with zero attached hydrogens (tertiary/aromatic N) is 2. The standard InChI is InChI=1S/C11H7ClF4N2/c12-6-7-2-1-3-8(13)10(7)18-5-4-9(17-18)11(14,15)16/h1-5H,6H2. The highest BCUT2D eigenvalue weighted by atomic mass is 35.5. The zero-order valence-electron chi connectivity index (χ0n) is 8.88. The number of para-hydroxylation sites is 1. The molecule has 2 rings (SSSR count). The van der Waals surface area contributed by atoms with E-state index in [0.29, 0.717) is 5.56 Å². The van der Waals surface area contributed by atoms with Gasteiger partial charge in [-0.15, -0.1) is 11.6 Å². The molecule has 0 bridgehead atoms. The molecule has 0 unspecified atom stereocenters. The fraction of sp³-hybridized carbons (Fsp3) is 0.182. The molecule has 0 atom stereocenters. The Bertz CT molecular complexity index is 562. The molecule has 1 aromatic heterocycles. The van der Waals surface area contributed by atoms with Crippen molar-refractivity contribution >= 4 is 11.6 Å². The summed E-state index contributed by atoms with van der Waals surface area (Å²) < 4.78 is 51.7. The third-order valence-corrected chi connectivity index (χ3v) is 2.61. The van der Waals surface area contributed by atoms with Crippen molar-refractivity contribution in [1.82, 2.24) is 9.78 Å². The first-order valence-electron chi connectivity index (χ1n) is 4.90. The van der Waals surface area contributed by atoms with Crippen molar-refractivity contribution in [2.24, 2.45) is 0 Å². The summed E-state index contributed by atoms with van der Waals surface area (Å²) in [6.07, 6.45) is -3.51. The van der Waals surface area contributed by atoms with Gasteiger partial charge in [0.15, 0.2) is 5.69 Å². The highest BCUT2D eigenvalue weighted by molar-refractivity contribution is 6.17. The van der Waals surface area contributed by atoms with Crippen molar-refractivity contribution < 1.29 is 17.6 Å². The Kier molecular flexibility index (Phi) is 3.30. The number of benzene rings is 1. The second kappa shape index (κ2) is 4.61. The average molecular weight is 279 g/mol. The fourth-order valence-electron chi connectivity index (χ4n) is 1.52. The molecule has 18 heavy (non-hydrogen) atoms. The molecule has 96 valence electrons. The first-order chi connectivity index (χ1) is 8.43. The Morgan fingerprint density at radius 1 is 1.22 bits per heavy atom. The molecule has 0 aliphatic rings. The first kappa shape index (κ1) is 12.9. The van der Waals surface area contributed by atoms with Gasteiger partial charge in [0, 0.05) is 12.1 Å². The van der Waals surface area contributed by atoms with Gasteiger partial charge in [-0.3, -0.25) is 0 Å². The van der Waals surface area contributed by atoms with Crippen LogP contribution >= 0.6 is 11.6 Å². The lowest BCUT2D eigenvalue weighted by molar-refractivity contribution is -0.141. The fourth-order valence-corrected chi connectivity index (χ4v) is 1.74. The normalized spacial score (nSPS) is 11.8. The zero-order valence-corrected chi connectivity index (χ0v) is 9.63. The number of halogens is 5. The topological polar surface area (TPSA) is 17.8 Å². The lowest BCUT2D eigenvalue weighted by atomic mass is 10.2. The quantitative estimate of drug-likeness (QED) is 0.604. The maximum Gasteiger partial charge on any atom is 0.435 e. The summed E-state index contributed by atoms with van der Waals surface area (Å²) in [4.78, 5) is 0. The molecule has 2 aromatic rings. The Labute approximate surface area is 105 Å². The Balaban J connectivity index is 2.53. The average Bonchev–Trinajstić information content (AvgIpc) is 2.77. The van der Waals surface area contributed by atoms with Gasteiger partial charge in [0.1, 0.15) is 11.5 Å². The molecule has 0 spiro atoms. The van der Waals surface area contributed by atoms with E-state index in [9.17, 15) is 17.6 Å². The third kappa shape index (κ3) is 2.33. The number of hydrogen-bond acceptors (Lipinski definition) is 1. The first-order valence-corrected chi connectivity index (χ1v) is 5.43. The van der Waals surface area contributed by atoms with E-state index in [4.69, 9.17) is 11.6 Å². The van der Waals surface area contributed by atoms with Crippen LogP contribution in [0.25, 0.3) is 5.69 Å². The van der Waals surface area contributed by atoms with Gasteiger partial charge in [0.05, 0.1) is 0 Å². The minimum Gasteiger partial charge on any atom is -0.237 e. The lowest BCUT2D eigenvalue weighted by Crippen LogP contribution is -2.09. The molecular formula is C11H7ClF4N2. The maximum atomic E-state index is 13.6. The van der Waals surface area contributed by atoms with Gasteiger partial charge in [0.2, 0.25) is 0 Å². The van der Waals surface area contributed by atoms with E-state index in [1.54, 1.807) is 0 Å². The number of aromatic nitrogens is 2. The van der Waals surface area contributed by atoms with E-state index in [0.717, 1.165) is 23.0 Å².